The number of hydrogen-bond donors (Lipinski definition) is 6. The van der Waals surface area contributed by atoms with Crippen LogP contribution in [0.4, 0.5) is 17.8 Å². The molecule has 2 amide bonds. The van der Waals surface area contributed by atoms with Crippen molar-refractivity contribution < 1.29 is 9.59 Å². The summed E-state index contributed by atoms with van der Waals surface area (Å²) >= 11 is 0. The van der Waals surface area contributed by atoms with Crippen LogP contribution in [0.2, 0.25) is 0 Å². The minimum Gasteiger partial charge on any atom is -0.354 e. The lowest BCUT2D eigenvalue weighted by molar-refractivity contribution is -0.143. The minimum atomic E-state index is -0.681. The number of hydrogen-bond acceptors (Lipinski definition) is 13. The number of carbonyl (C=O) groups is 2. The van der Waals surface area contributed by atoms with Gasteiger partial charge in [-0.2, -0.15) is 15.0 Å². The number of rotatable bonds is 17. The van der Waals surface area contributed by atoms with Crippen LogP contribution in [-0.2, 0) is 9.59 Å². The van der Waals surface area contributed by atoms with Gasteiger partial charge in [0.1, 0.15) is 0 Å². The Balaban J connectivity index is 1.62. The normalized spacial score (nSPS) is 25.1. The first kappa shape index (κ1) is 50.2. The van der Waals surface area contributed by atoms with Crippen molar-refractivity contribution in [3.63, 3.8) is 0 Å². The van der Waals surface area contributed by atoms with E-state index in [1.165, 1.54) is 0 Å². The maximum absolute atomic E-state index is 14.0. The van der Waals surface area contributed by atoms with Crippen molar-refractivity contribution >= 4 is 29.7 Å². The van der Waals surface area contributed by atoms with Gasteiger partial charge in [-0.15, -0.1) is 0 Å². The third kappa shape index (κ3) is 13.1. The average Bonchev–Trinajstić information content (AvgIpc) is 3.07. The predicted octanol–water partition coefficient (Wildman–Crippen LogP) is 5.01. The number of piperazine rings is 2. The first-order chi connectivity index (χ1) is 28.3. The summed E-state index contributed by atoms with van der Waals surface area (Å²) in [5.41, 5.74) is 3.40. The van der Waals surface area contributed by atoms with Crippen LogP contribution >= 0.6 is 0 Å². The van der Waals surface area contributed by atoms with Crippen LogP contribution in [-0.4, -0.2) is 145 Å². The summed E-state index contributed by atoms with van der Waals surface area (Å²) in [6.45, 7) is 39.8. The molecule has 0 radical (unpaired) electrons. The molecule has 4 saturated heterocycles. The topological polar surface area (TPSA) is 172 Å². The lowest BCUT2D eigenvalue weighted by Crippen LogP contribution is -2.70. The van der Waals surface area contributed by atoms with Crippen LogP contribution in [0.5, 0.6) is 0 Å². The molecule has 7 N–H and O–H groups in total. The molecule has 0 spiro atoms. The summed E-state index contributed by atoms with van der Waals surface area (Å²) < 4.78 is 0. The van der Waals surface area contributed by atoms with Crippen molar-refractivity contribution in [1.29, 1.82) is 0 Å². The Morgan fingerprint density at radius 2 is 0.919 bits per heavy atom. The summed E-state index contributed by atoms with van der Waals surface area (Å²) in [4.78, 5) is 52.9. The van der Waals surface area contributed by atoms with E-state index >= 15 is 0 Å². The average molecular weight is 868 g/mol. The fourth-order valence-corrected chi connectivity index (χ4v) is 12.0. The van der Waals surface area contributed by atoms with Gasteiger partial charge in [-0.05, 0) is 156 Å². The highest BCUT2D eigenvalue weighted by Crippen LogP contribution is 2.37. The van der Waals surface area contributed by atoms with E-state index in [-0.39, 0.29) is 57.1 Å². The van der Waals surface area contributed by atoms with Crippen LogP contribution in [0.3, 0.4) is 0 Å². The minimum absolute atomic E-state index is 0.0905. The van der Waals surface area contributed by atoms with Crippen LogP contribution in [0.1, 0.15) is 162 Å². The van der Waals surface area contributed by atoms with Crippen molar-refractivity contribution in [3.05, 3.63) is 0 Å². The molecule has 0 unspecified atom stereocenters. The second-order valence-corrected chi connectivity index (χ2v) is 24.4. The Kier molecular flexibility index (Phi) is 14.7. The number of carbonyl (C=O) groups excluding carboxylic acids is 2. The fraction of sp³-hybridized carbons (Fsp3) is 0.894. The Labute approximate surface area is 376 Å². The molecule has 5 heterocycles. The van der Waals surface area contributed by atoms with E-state index < -0.39 is 11.1 Å². The smallest absolute Gasteiger partial charge is 0.242 e. The van der Waals surface area contributed by atoms with Crippen LogP contribution in [0.15, 0.2) is 0 Å². The predicted molar refractivity (Wildman–Crippen MR) is 255 cm³/mol. The summed E-state index contributed by atoms with van der Waals surface area (Å²) in [5.74, 6) is 2.01. The molecule has 1 aromatic heterocycles. The van der Waals surface area contributed by atoms with Crippen molar-refractivity contribution in [2.75, 3.05) is 67.5 Å². The highest BCUT2D eigenvalue weighted by atomic mass is 16.2. The highest BCUT2D eigenvalue weighted by molar-refractivity contribution is 5.87. The zero-order valence-electron chi connectivity index (χ0n) is 42.0. The van der Waals surface area contributed by atoms with E-state index in [4.69, 9.17) is 20.7 Å². The molecule has 0 aliphatic carbocycles. The molecule has 4 aliphatic heterocycles. The maximum atomic E-state index is 14.0. The molecular weight excluding hydrogens is 779 g/mol. The van der Waals surface area contributed by atoms with Crippen molar-refractivity contribution in [2.24, 2.45) is 5.73 Å². The van der Waals surface area contributed by atoms with E-state index in [2.05, 4.69) is 119 Å². The van der Waals surface area contributed by atoms with Gasteiger partial charge in [-0.25, -0.2) is 0 Å². The van der Waals surface area contributed by atoms with E-state index in [0.717, 1.165) is 57.9 Å². The Bertz CT molecular complexity index is 1580. The monoisotopic (exact) mass is 868 g/mol. The van der Waals surface area contributed by atoms with Gasteiger partial charge in [0.2, 0.25) is 29.7 Å². The van der Waals surface area contributed by atoms with Gasteiger partial charge >= 0.3 is 0 Å². The summed E-state index contributed by atoms with van der Waals surface area (Å²) in [6, 6.07) is 0.181. The zero-order valence-corrected chi connectivity index (χ0v) is 42.0. The molecule has 0 bridgehead atoms. The molecule has 354 valence electrons. The fourth-order valence-electron chi connectivity index (χ4n) is 12.0. The van der Waals surface area contributed by atoms with E-state index in [1.807, 2.05) is 37.5 Å². The SMILES string of the molecule is CC1(C)CC(N(CCN2CC(C)(C)NC(C)(C)C2=O)c2nc(NCCCCCCN)nc(N(CCN3CC(C)(C)NC(C)(C)C3=O)C3CC(C)(C)NC(C)(C)C3)n2)CC(C)(C)N1. The number of nitrogens with zero attached hydrogens (tertiary/aromatic N) is 7. The Morgan fingerprint density at radius 1 is 0.548 bits per heavy atom. The molecule has 1 aromatic rings. The Hall–Kier alpha value is -2.85. The molecular formula is C47H89N13O2. The molecule has 0 aromatic carbocycles. The van der Waals surface area contributed by atoms with E-state index in [0.29, 0.717) is 63.7 Å². The van der Waals surface area contributed by atoms with Gasteiger partial charge < -0.3 is 41.3 Å². The van der Waals surface area contributed by atoms with Crippen molar-refractivity contribution in [1.82, 2.24) is 46.0 Å². The third-order valence-electron chi connectivity index (χ3n) is 13.1. The number of unbranched alkanes of at least 4 members (excludes halogenated alkanes) is 3. The van der Waals surface area contributed by atoms with Gasteiger partial charge in [0.15, 0.2) is 0 Å². The van der Waals surface area contributed by atoms with Gasteiger partial charge in [0.25, 0.3) is 0 Å². The largest absolute Gasteiger partial charge is 0.354 e. The number of piperidine rings is 2. The number of aromatic nitrogens is 3. The quantitative estimate of drug-likeness (QED) is 0.116. The summed E-state index contributed by atoms with van der Waals surface area (Å²) in [6.07, 6.45) is 7.68. The maximum Gasteiger partial charge on any atom is 0.242 e. The van der Waals surface area contributed by atoms with Crippen LogP contribution in [0.25, 0.3) is 0 Å². The van der Waals surface area contributed by atoms with Gasteiger partial charge in [0.05, 0.1) is 11.1 Å². The first-order valence-corrected chi connectivity index (χ1v) is 23.8. The summed E-state index contributed by atoms with van der Waals surface area (Å²) in [5, 5.41) is 18.6. The first-order valence-electron chi connectivity index (χ1n) is 23.8. The summed E-state index contributed by atoms with van der Waals surface area (Å²) in [7, 11) is 0. The molecule has 5 rings (SSSR count). The van der Waals surface area contributed by atoms with Crippen molar-refractivity contribution in [2.45, 2.75) is 219 Å². The van der Waals surface area contributed by atoms with E-state index in [9.17, 15) is 9.59 Å². The lowest BCUT2D eigenvalue weighted by Gasteiger charge is -2.51. The molecule has 0 atom stereocenters. The lowest BCUT2D eigenvalue weighted by atomic mass is 9.79. The molecule has 0 saturated carbocycles. The Morgan fingerprint density at radius 3 is 1.29 bits per heavy atom. The molecule has 62 heavy (non-hydrogen) atoms. The molecule has 15 nitrogen and oxygen atoms in total. The number of amides is 2. The second-order valence-electron chi connectivity index (χ2n) is 24.4. The van der Waals surface area contributed by atoms with Crippen molar-refractivity contribution in [3.8, 4) is 0 Å². The molecule has 15 heteroatoms. The second kappa shape index (κ2) is 18.2. The standard InChI is InChI=1S/C47H89N13O2/c1-40(2)27-33(28-41(3,4)53-40)59(25-23-57-31-44(9,10)55-46(13,14)35(57)61)38-50-37(49-22-20-18-17-19-21-48)51-39(52-38)60(34-29-42(5,6)54-43(7,8)30-34)26-24-58-32-45(11,12)56-47(15,16)36(58)62/h33-34,53-56H,17-32,48H2,1-16H3,(H,49,50,51,52). The van der Waals surface area contributed by atoms with Gasteiger partial charge in [-0.1, -0.05) is 12.8 Å². The van der Waals surface area contributed by atoms with Crippen LogP contribution < -0.4 is 42.1 Å². The van der Waals surface area contributed by atoms with Crippen LogP contribution in [0, 0.1) is 0 Å². The van der Waals surface area contributed by atoms with E-state index in [1.54, 1.807) is 0 Å². The zero-order chi connectivity index (χ0) is 46.3. The highest BCUT2D eigenvalue weighted by Gasteiger charge is 2.47. The number of nitrogens with two attached hydrogens (primary N) is 1. The van der Waals surface area contributed by atoms with Gasteiger partial charge in [0, 0.05) is 91.1 Å². The molecule has 4 aliphatic rings. The number of anilines is 3. The van der Waals surface area contributed by atoms with Gasteiger partial charge in [-0.3, -0.25) is 20.2 Å². The number of nitrogens with one attached hydrogen (secondary N) is 5. The molecule has 4 fully saturated rings. The third-order valence-corrected chi connectivity index (χ3v) is 13.1.